The van der Waals surface area contributed by atoms with Crippen molar-refractivity contribution >= 4 is 16.9 Å². The third-order valence-corrected chi connectivity index (χ3v) is 3.13. The number of fused-ring (bicyclic) bond motifs is 1. The van der Waals surface area contributed by atoms with Crippen LogP contribution in [0.2, 0.25) is 0 Å². The van der Waals surface area contributed by atoms with E-state index in [2.05, 4.69) is 0 Å². The number of carbonyl (C=O) groups is 1. The fraction of sp³-hybridized carbons (Fsp3) is 0.357. The van der Waals surface area contributed by atoms with Gasteiger partial charge in [-0.05, 0) is 25.5 Å². The van der Waals surface area contributed by atoms with Crippen LogP contribution in [0.3, 0.4) is 0 Å². The largest absolute Gasteiger partial charge is 0.465 e. The maximum absolute atomic E-state index is 11.8. The van der Waals surface area contributed by atoms with Gasteiger partial charge in [-0.2, -0.15) is 0 Å². The summed E-state index contributed by atoms with van der Waals surface area (Å²) in [4.78, 5) is 11.8. The van der Waals surface area contributed by atoms with E-state index < -0.39 is 6.04 Å². The fourth-order valence-electron chi connectivity index (χ4n) is 2.26. The van der Waals surface area contributed by atoms with Gasteiger partial charge in [0.2, 0.25) is 0 Å². The van der Waals surface area contributed by atoms with Crippen LogP contribution < -0.4 is 5.73 Å². The number of nitrogens with zero attached hydrogens (tertiary/aromatic N) is 1. The van der Waals surface area contributed by atoms with E-state index in [9.17, 15) is 4.79 Å². The van der Waals surface area contributed by atoms with Crippen molar-refractivity contribution in [3.63, 3.8) is 0 Å². The number of nitrogens with two attached hydrogens (primary N) is 1. The van der Waals surface area contributed by atoms with E-state index >= 15 is 0 Å². The Morgan fingerprint density at radius 2 is 2.22 bits per heavy atom. The van der Waals surface area contributed by atoms with E-state index in [1.54, 1.807) is 6.92 Å². The molecule has 0 spiro atoms. The number of aryl methyl sites for hydroxylation is 2. The number of aromatic nitrogens is 1. The molecule has 0 fully saturated rings. The maximum Gasteiger partial charge on any atom is 0.327 e. The highest BCUT2D eigenvalue weighted by molar-refractivity contribution is 5.92. The molecule has 0 bridgehead atoms. The van der Waals surface area contributed by atoms with Gasteiger partial charge in [0.25, 0.3) is 0 Å². The summed E-state index contributed by atoms with van der Waals surface area (Å²) < 4.78 is 6.97. The average Bonchev–Trinajstić information content (AvgIpc) is 2.68. The number of carbonyl (C=O) groups excluding carboxylic acids is 1. The minimum absolute atomic E-state index is 0.344. The van der Waals surface area contributed by atoms with E-state index in [0.29, 0.717) is 6.61 Å². The molecule has 0 saturated heterocycles. The van der Waals surface area contributed by atoms with Crippen molar-refractivity contribution in [3.05, 3.63) is 35.5 Å². The Labute approximate surface area is 106 Å². The number of rotatable bonds is 3. The van der Waals surface area contributed by atoms with Gasteiger partial charge in [0, 0.05) is 29.7 Å². The van der Waals surface area contributed by atoms with E-state index in [1.165, 1.54) is 0 Å². The van der Waals surface area contributed by atoms with Gasteiger partial charge in [0.15, 0.2) is 0 Å². The highest BCUT2D eigenvalue weighted by Crippen LogP contribution is 2.28. The molecule has 0 amide bonds. The van der Waals surface area contributed by atoms with Crippen molar-refractivity contribution < 1.29 is 9.53 Å². The van der Waals surface area contributed by atoms with Crippen LogP contribution in [0.1, 0.15) is 24.1 Å². The number of hydrogen-bond acceptors (Lipinski definition) is 3. The second-order valence-corrected chi connectivity index (χ2v) is 4.39. The Kier molecular flexibility index (Phi) is 3.39. The van der Waals surface area contributed by atoms with E-state index in [4.69, 9.17) is 10.5 Å². The van der Waals surface area contributed by atoms with Crippen molar-refractivity contribution in [1.29, 1.82) is 0 Å². The summed E-state index contributed by atoms with van der Waals surface area (Å²) in [5, 5.41) is 1.04. The molecule has 0 aliphatic carbocycles. The minimum atomic E-state index is -0.727. The van der Waals surface area contributed by atoms with Crippen LogP contribution in [0, 0.1) is 6.92 Å². The Morgan fingerprint density at radius 3 is 2.89 bits per heavy atom. The van der Waals surface area contributed by atoms with Gasteiger partial charge in [-0.15, -0.1) is 0 Å². The van der Waals surface area contributed by atoms with Crippen LogP contribution >= 0.6 is 0 Å². The standard InChI is InChI=1S/C14H18N2O2/c1-4-18-14(17)13(15)10-8-16(3)11-7-5-6-9(2)12(10)11/h5-8,13H,4,15H2,1-3H3. The lowest BCUT2D eigenvalue weighted by molar-refractivity contribution is -0.144. The monoisotopic (exact) mass is 246 g/mol. The predicted molar refractivity (Wildman–Crippen MR) is 71.2 cm³/mol. The minimum Gasteiger partial charge on any atom is -0.465 e. The first-order valence-corrected chi connectivity index (χ1v) is 6.03. The highest BCUT2D eigenvalue weighted by Gasteiger charge is 2.22. The van der Waals surface area contributed by atoms with Gasteiger partial charge in [-0.3, -0.25) is 0 Å². The van der Waals surface area contributed by atoms with Crippen LogP contribution in [-0.4, -0.2) is 17.1 Å². The average molecular weight is 246 g/mol. The van der Waals surface area contributed by atoms with E-state index in [1.807, 2.05) is 42.9 Å². The van der Waals surface area contributed by atoms with Crippen LogP contribution in [0.25, 0.3) is 10.9 Å². The molecule has 1 aromatic carbocycles. The van der Waals surface area contributed by atoms with Gasteiger partial charge in [-0.25, -0.2) is 4.79 Å². The number of esters is 1. The number of ether oxygens (including phenoxy) is 1. The first-order valence-electron chi connectivity index (χ1n) is 6.03. The molecule has 0 aliphatic heterocycles. The molecule has 2 rings (SSSR count). The first kappa shape index (κ1) is 12.6. The molecule has 1 unspecified atom stereocenters. The molecule has 0 radical (unpaired) electrons. The van der Waals surface area contributed by atoms with Crippen molar-refractivity contribution in [3.8, 4) is 0 Å². The molecule has 4 nitrogen and oxygen atoms in total. The van der Waals surface area contributed by atoms with Gasteiger partial charge in [-0.1, -0.05) is 12.1 Å². The quantitative estimate of drug-likeness (QED) is 0.843. The summed E-state index contributed by atoms with van der Waals surface area (Å²) >= 11 is 0. The van der Waals surface area contributed by atoms with E-state index in [0.717, 1.165) is 22.0 Å². The van der Waals surface area contributed by atoms with Gasteiger partial charge in [0.1, 0.15) is 6.04 Å². The second kappa shape index (κ2) is 4.82. The van der Waals surface area contributed by atoms with Gasteiger partial charge in [0.05, 0.1) is 6.61 Å². The molecule has 18 heavy (non-hydrogen) atoms. The third-order valence-electron chi connectivity index (χ3n) is 3.13. The molecule has 2 N–H and O–H groups in total. The SMILES string of the molecule is CCOC(=O)C(N)c1cn(C)c2cccc(C)c12. The maximum atomic E-state index is 11.8. The molecule has 4 heteroatoms. The van der Waals surface area contributed by atoms with Gasteiger partial charge < -0.3 is 15.0 Å². The van der Waals surface area contributed by atoms with E-state index in [-0.39, 0.29) is 5.97 Å². The van der Waals surface area contributed by atoms with Gasteiger partial charge >= 0.3 is 5.97 Å². The lowest BCUT2D eigenvalue weighted by Crippen LogP contribution is -2.23. The molecule has 0 saturated carbocycles. The van der Waals surface area contributed by atoms with Crippen LogP contribution in [0.15, 0.2) is 24.4 Å². The van der Waals surface area contributed by atoms with Crippen molar-refractivity contribution in [2.45, 2.75) is 19.9 Å². The van der Waals surface area contributed by atoms with Crippen molar-refractivity contribution in [1.82, 2.24) is 4.57 Å². The molecule has 1 aromatic heterocycles. The summed E-state index contributed by atoms with van der Waals surface area (Å²) in [6, 6.07) is 5.31. The Hall–Kier alpha value is -1.81. The molecular weight excluding hydrogens is 228 g/mol. The molecular formula is C14H18N2O2. The molecule has 1 atom stereocenters. The number of benzene rings is 1. The summed E-state index contributed by atoms with van der Waals surface area (Å²) in [6.07, 6.45) is 1.90. The smallest absolute Gasteiger partial charge is 0.327 e. The van der Waals surface area contributed by atoms with Crippen molar-refractivity contribution in [2.24, 2.45) is 12.8 Å². The zero-order valence-electron chi connectivity index (χ0n) is 10.9. The normalized spacial score (nSPS) is 12.7. The lowest BCUT2D eigenvalue weighted by Gasteiger charge is -2.10. The summed E-state index contributed by atoms with van der Waals surface area (Å²) in [6.45, 7) is 4.14. The summed E-state index contributed by atoms with van der Waals surface area (Å²) in [5.74, 6) is -0.381. The fourth-order valence-corrected chi connectivity index (χ4v) is 2.26. The number of hydrogen-bond donors (Lipinski definition) is 1. The topological polar surface area (TPSA) is 57.2 Å². The molecule has 96 valence electrons. The zero-order valence-corrected chi connectivity index (χ0v) is 10.9. The molecule has 1 heterocycles. The Morgan fingerprint density at radius 1 is 1.50 bits per heavy atom. The Balaban J connectivity index is 2.54. The van der Waals surface area contributed by atoms with Crippen LogP contribution in [-0.2, 0) is 16.6 Å². The zero-order chi connectivity index (χ0) is 13.3. The summed E-state index contributed by atoms with van der Waals surface area (Å²) in [7, 11) is 1.95. The van der Waals surface area contributed by atoms with Crippen molar-refractivity contribution in [2.75, 3.05) is 6.61 Å². The molecule has 0 aliphatic rings. The van der Waals surface area contributed by atoms with Crippen LogP contribution in [0.5, 0.6) is 0 Å². The molecule has 2 aromatic rings. The second-order valence-electron chi connectivity index (χ2n) is 4.39. The third kappa shape index (κ3) is 1.99. The van der Waals surface area contributed by atoms with Crippen LogP contribution in [0.4, 0.5) is 0 Å². The highest BCUT2D eigenvalue weighted by atomic mass is 16.5. The predicted octanol–water partition coefficient (Wildman–Crippen LogP) is 2.05. The lowest BCUT2D eigenvalue weighted by atomic mass is 10.0. The Bertz CT molecular complexity index is 587. The first-order chi connectivity index (χ1) is 8.56. The summed E-state index contributed by atoms with van der Waals surface area (Å²) in [5.41, 5.74) is 9.00.